The molecule has 0 radical (unpaired) electrons. The van der Waals surface area contributed by atoms with Gasteiger partial charge >= 0.3 is 71.6 Å². The minimum atomic E-state index is -0.740. The van der Waals surface area contributed by atoms with Crippen LogP contribution in [0.3, 0.4) is 0 Å². The maximum atomic E-state index is 10.1. The molecule has 0 bridgehead atoms. The van der Waals surface area contributed by atoms with Crippen molar-refractivity contribution in [3.05, 3.63) is 0 Å². The number of halogens is 2. The summed E-state index contributed by atoms with van der Waals surface area (Å²) >= 11 is 0. The largest absolute Gasteiger partial charge is 0.481 e. The average Bonchev–Trinajstić information content (AvgIpc) is 3.38. The van der Waals surface area contributed by atoms with Crippen molar-refractivity contribution in [2.75, 3.05) is 0 Å². The van der Waals surface area contributed by atoms with E-state index in [9.17, 15) is 57.5 Å². The predicted molar refractivity (Wildman–Crippen MR) is 328 cm³/mol. The standard InChI is InChI=1S/6C10H18O4.2ClH/c6*11-9(12)7-5-3-1-2-4-6-8-10(13)14;;/h6*1-8H2,(H,11,12)(H,13,14);2*1H. The third kappa shape index (κ3) is 129. The molecule has 0 fully saturated rings. The summed E-state index contributed by atoms with van der Waals surface area (Å²) in [7, 11) is 0. The number of carboxylic acid groups (broad SMARTS) is 12. The SMILES string of the molecule is Cl.Cl.O=C(O)CCCCCCCCC(=O)O.O=C(O)CCCCCCCCC(=O)O.O=C(O)CCCCCCCCC(=O)O.O=C(O)CCCCCCCCC(=O)O.O=C(O)CCCCCCCCC(=O)O.O=C(O)CCCCCCCCC(=O)O. The van der Waals surface area contributed by atoms with Gasteiger partial charge in [0.2, 0.25) is 0 Å². The maximum Gasteiger partial charge on any atom is 0.303 e. The molecule has 0 aromatic carbocycles. The van der Waals surface area contributed by atoms with Gasteiger partial charge in [0.05, 0.1) is 0 Å². The van der Waals surface area contributed by atoms with Crippen molar-refractivity contribution in [2.24, 2.45) is 0 Å². The van der Waals surface area contributed by atoms with Gasteiger partial charge in [-0.2, -0.15) is 0 Å². The lowest BCUT2D eigenvalue weighted by molar-refractivity contribution is -0.138. The van der Waals surface area contributed by atoms with E-state index in [1.165, 1.54) is 0 Å². The van der Waals surface area contributed by atoms with E-state index in [1.54, 1.807) is 0 Å². The Hall–Kier alpha value is -5.78. The van der Waals surface area contributed by atoms with E-state index in [2.05, 4.69) is 0 Å². The van der Waals surface area contributed by atoms with Crippen molar-refractivity contribution in [3.8, 4) is 0 Å². The molecule has 0 aromatic rings. The van der Waals surface area contributed by atoms with E-state index >= 15 is 0 Å². The summed E-state index contributed by atoms with van der Waals surface area (Å²) in [6.07, 6.45) is 34.9. The Balaban J connectivity index is -0.000000141. The molecule has 0 aliphatic carbocycles. The summed E-state index contributed by atoms with van der Waals surface area (Å²) in [6.45, 7) is 0. The highest BCUT2D eigenvalue weighted by molar-refractivity contribution is 5.85. The van der Waals surface area contributed by atoms with E-state index in [0.29, 0.717) is 0 Å². The minimum Gasteiger partial charge on any atom is -0.481 e. The Morgan fingerprint density at radius 3 is 0.209 bits per heavy atom. The molecular formula is C60H110Cl2O24. The zero-order valence-electron chi connectivity index (χ0n) is 51.0. The van der Waals surface area contributed by atoms with Crippen molar-refractivity contribution in [1.82, 2.24) is 0 Å². The van der Waals surface area contributed by atoms with Crippen LogP contribution in [0.1, 0.15) is 308 Å². The van der Waals surface area contributed by atoms with Crippen LogP contribution >= 0.6 is 24.8 Å². The molecule has 0 saturated heterocycles. The Morgan fingerprint density at radius 1 is 0.116 bits per heavy atom. The lowest BCUT2D eigenvalue weighted by atomic mass is 10.1. The molecule has 0 spiro atoms. The molecule has 508 valence electrons. The van der Waals surface area contributed by atoms with Crippen LogP contribution in [0.25, 0.3) is 0 Å². The number of carboxylic acids is 12. The molecule has 0 aliphatic heterocycles. The monoisotopic (exact) mass is 1280 g/mol. The van der Waals surface area contributed by atoms with Gasteiger partial charge < -0.3 is 61.3 Å². The normalized spacial score (nSPS) is 9.77. The molecule has 0 rings (SSSR count). The first-order valence-electron chi connectivity index (χ1n) is 30.4. The summed E-state index contributed by atoms with van der Waals surface area (Å²) in [4.78, 5) is 122. The molecule has 26 heteroatoms. The third-order valence-electron chi connectivity index (χ3n) is 12.2. The number of rotatable bonds is 54. The van der Waals surface area contributed by atoms with Gasteiger partial charge in [-0.05, 0) is 77.0 Å². The summed E-state index contributed by atoms with van der Waals surface area (Å²) in [5.74, 6) is -8.88. The van der Waals surface area contributed by atoms with Crippen LogP contribution in [0.5, 0.6) is 0 Å². The zero-order valence-corrected chi connectivity index (χ0v) is 52.7. The van der Waals surface area contributed by atoms with Crippen LogP contribution in [0, 0.1) is 0 Å². The fourth-order valence-corrected chi connectivity index (χ4v) is 7.56. The molecule has 0 amide bonds. The second kappa shape index (κ2) is 79.2. The molecule has 0 unspecified atom stereocenters. The van der Waals surface area contributed by atoms with Gasteiger partial charge in [-0.3, -0.25) is 57.5 Å². The van der Waals surface area contributed by atoms with Crippen molar-refractivity contribution in [3.63, 3.8) is 0 Å². The van der Waals surface area contributed by atoms with Crippen molar-refractivity contribution in [1.29, 1.82) is 0 Å². The highest BCUT2D eigenvalue weighted by Gasteiger charge is 2.04. The second-order valence-corrected chi connectivity index (χ2v) is 20.5. The Labute approximate surface area is 521 Å². The van der Waals surface area contributed by atoms with Gasteiger partial charge in [-0.15, -0.1) is 24.8 Å². The van der Waals surface area contributed by atoms with Gasteiger partial charge in [-0.1, -0.05) is 154 Å². The fourth-order valence-electron chi connectivity index (χ4n) is 7.56. The summed E-state index contributed by atoms with van der Waals surface area (Å²) in [5, 5.41) is 100. The number of hydrogen-bond acceptors (Lipinski definition) is 12. The molecule has 12 N–H and O–H groups in total. The van der Waals surface area contributed by atoms with Crippen LogP contribution in [-0.2, 0) is 57.5 Å². The zero-order chi connectivity index (χ0) is 64.9. The van der Waals surface area contributed by atoms with Crippen LogP contribution in [0.4, 0.5) is 0 Å². The van der Waals surface area contributed by atoms with E-state index in [4.69, 9.17) is 61.3 Å². The topological polar surface area (TPSA) is 448 Å². The van der Waals surface area contributed by atoms with E-state index in [0.717, 1.165) is 231 Å². The van der Waals surface area contributed by atoms with Crippen molar-refractivity contribution < 1.29 is 119 Å². The van der Waals surface area contributed by atoms with Gasteiger partial charge in [0.15, 0.2) is 0 Å². The maximum absolute atomic E-state index is 10.1. The highest BCUT2D eigenvalue weighted by atomic mass is 35.5. The van der Waals surface area contributed by atoms with Gasteiger partial charge in [-0.25, -0.2) is 0 Å². The first-order chi connectivity index (χ1) is 39.8. The molecular weight excluding hydrogens is 1180 g/mol. The summed E-state index contributed by atoms with van der Waals surface area (Å²) in [5.41, 5.74) is 0. The molecule has 0 aliphatic rings. The molecule has 24 nitrogen and oxygen atoms in total. The van der Waals surface area contributed by atoms with Gasteiger partial charge in [0.25, 0.3) is 0 Å². The van der Waals surface area contributed by atoms with Crippen molar-refractivity contribution in [2.45, 2.75) is 308 Å². The Bertz CT molecular complexity index is 1270. The number of carbonyl (C=O) groups is 12. The molecule has 86 heavy (non-hydrogen) atoms. The number of aliphatic carboxylic acids is 12. The average molecular weight is 1290 g/mol. The van der Waals surface area contributed by atoms with E-state index < -0.39 is 71.6 Å². The van der Waals surface area contributed by atoms with Crippen LogP contribution in [-0.4, -0.2) is 133 Å². The summed E-state index contributed by atoms with van der Waals surface area (Å²) < 4.78 is 0. The summed E-state index contributed by atoms with van der Waals surface area (Å²) in [6, 6.07) is 0. The smallest absolute Gasteiger partial charge is 0.303 e. The van der Waals surface area contributed by atoms with E-state index in [1.807, 2.05) is 0 Å². The van der Waals surface area contributed by atoms with Crippen LogP contribution < -0.4 is 0 Å². The first kappa shape index (κ1) is 96.5. The van der Waals surface area contributed by atoms with E-state index in [-0.39, 0.29) is 102 Å². The first-order valence-corrected chi connectivity index (χ1v) is 30.4. The third-order valence-corrected chi connectivity index (χ3v) is 12.2. The molecule has 0 atom stereocenters. The minimum absolute atomic E-state index is 0. The number of unbranched alkanes of at least 4 members (excludes halogenated alkanes) is 30. The Kier molecular flexibility index (Phi) is 88.9. The molecule has 0 aromatic heterocycles. The van der Waals surface area contributed by atoms with Gasteiger partial charge in [0.1, 0.15) is 0 Å². The van der Waals surface area contributed by atoms with Crippen LogP contribution in [0.2, 0.25) is 0 Å². The molecule has 0 heterocycles. The van der Waals surface area contributed by atoms with Crippen LogP contribution in [0.15, 0.2) is 0 Å². The fraction of sp³-hybridized carbons (Fsp3) is 0.800. The number of hydrogen-bond donors (Lipinski definition) is 12. The van der Waals surface area contributed by atoms with Crippen molar-refractivity contribution >= 4 is 96.4 Å². The quantitative estimate of drug-likeness (QED) is 0.0252. The van der Waals surface area contributed by atoms with Gasteiger partial charge in [0, 0.05) is 77.0 Å². The highest BCUT2D eigenvalue weighted by Crippen LogP contribution is 2.13. The lowest BCUT2D eigenvalue weighted by Gasteiger charge is -1.98. The Morgan fingerprint density at radius 2 is 0.163 bits per heavy atom. The lowest BCUT2D eigenvalue weighted by Crippen LogP contribution is -1.94. The molecule has 0 saturated carbocycles. The second-order valence-electron chi connectivity index (χ2n) is 20.5. The predicted octanol–water partition coefficient (Wildman–Crippen LogP) is 14.5.